The van der Waals surface area contributed by atoms with Crippen LogP contribution in [-0.4, -0.2) is 45.0 Å². The molecule has 9 heteroatoms. The largest absolute Gasteiger partial charge is 0.433 e. The lowest BCUT2D eigenvalue weighted by molar-refractivity contribution is -0.0518. The van der Waals surface area contributed by atoms with Crippen LogP contribution in [0, 0.1) is 0 Å². The minimum absolute atomic E-state index is 0. The van der Waals surface area contributed by atoms with Crippen molar-refractivity contribution in [1.82, 2.24) is 9.62 Å². The summed E-state index contributed by atoms with van der Waals surface area (Å²) in [6.45, 7) is -0.0731. The molecule has 1 aliphatic rings. The van der Waals surface area contributed by atoms with E-state index in [1.165, 1.54) is 28.6 Å². The second-order valence-corrected chi connectivity index (χ2v) is 6.45. The average Bonchev–Trinajstić information content (AvgIpc) is 2.38. The molecule has 1 aromatic rings. The maximum absolute atomic E-state index is 12.5. The van der Waals surface area contributed by atoms with Crippen LogP contribution >= 0.6 is 12.4 Å². The smallest absolute Gasteiger partial charge is 0.387 e. The van der Waals surface area contributed by atoms with E-state index in [0.29, 0.717) is 19.6 Å². The summed E-state index contributed by atoms with van der Waals surface area (Å²) in [5.74, 6) is -0.325. The molecule has 0 bridgehead atoms. The van der Waals surface area contributed by atoms with Crippen molar-refractivity contribution in [2.45, 2.75) is 24.5 Å². The highest BCUT2D eigenvalue weighted by atomic mass is 35.5. The number of ether oxygens (including phenoxy) is 1. The molecule has 1 aliphatic heterocycles. The van der Waals surface area contributed by atoms with Crippen molar-refractivity contribution in [2.24, 2.45) is 0 Å². The zero-order valence-corrected chi connectivity index (χ0v) is 13.0. The van der Waals surface area contributed by atoms with Crippen LogP contribution in [0.5, 0.6) is 5.75 Å². The minimum atomic E-state index is -3.84. The second kappa shape index (κ2) is 7.35. The third-order valence-electron chi connectivity index (χ3n) is 3.01. The van der Waals surface area contributed by atoms with E-state index in [0.717, 1.165) is 0 Å². The van der Waals surface area contributed by atoms with Crippen molar-refractivity contribution in [2.75, 3.05) is 19.6 Å². The van der Waals surface area contributed by atoms with Crippen LogP contribution in [0.3, 0.4) is 0 Å². The predicted octanol–water partition coefficient (Wildman–Crippen LogP) is 1.69. The lowest BCUT2D eigenvalue weighted by Gasteiger charge is -2.31. The Hall–Kier alpha value is -0.960. The lowest BCUT2D eigenvalue weighted by atomic mass is 10.3. The summed E-state index contributed by atoms with van der Waals surface area (Å²) in [5, 5.41) is 3.12. The molecular weight excluding hydrogens is 326 g/mol. The lowest BCUT2D eigenvalue weighted by Crippen LogP contribution is -2.51. The zero-order valence-electron chi connectivity index (χ0n) is 11.3. The molecule has 1 N–H and O–H groups in total. The maximum atomic E-state index is 12.5. The van der Waals surface area contributed by atoms with Crippen molar-refractivity contribution in [1.29, 1.82) is 0 Å². The van der Waals surface area contributed by atoms with E-state index < -0.39 is 16.6 Å². The first-order valence-corrected chi connectivity index (χ1v) is 7.62. The fourth-order valence-corrected chi connectivity index (χ4v) is 3.76. The van der Waals surface area contributed by atoms with E-state index in [4.69, 9.17) is 0 Å². The summed E-state index contributed by atoms with van der Waals surface area (Å²) in [5.41, 5.74) is 0. The normalized spacial score (nSPS) is 20.1. The van der Waals surface area contributed by atoms with E-state index in [-0.39, 0.29) is 29.1 Å². The maximum Gasteiger partial charge on any atom is 0.387 e. The molecule has 0 amide bonds. The van der Waals surface area contributed by atoms with E-state index in [1.54, 1.807) is 0 Å². The van der Waals surface area contributed by atoms with Crippen molar-refractivity contribution in [3.8, 4) is 5.75 Å². The summed E-state index contributed by atoms with van der Waals surface area (Å²) in [6.07, 6.45) is 0. The van der Waals surface area contributed by atoms with Gasteiger partial charge in [-0.3, -0.25) is 0 Å². The van der Waals surface area contributed by atoms with Crippen LogP contribution in [0.4, 0.5) is 8.78 Å². The molecule has 5 nitrogen and oxygen atoms in total. The Morgan fingerprint density at radius 3 is 2.67 bits per heavy atom. The van der Waals surface area contributed by atoms with Gasteiger partial charge in [0.1, 0.15) is 10.6 Å². The molecule has 1 aromatic carbocycles. The third kappa shape index (κ3) is 4.26. The van der Waals surface area contributed by atoms with Crippen LogP contribution in [0.2, 0.25) is 0 Å². The van der Waals surface area contributed by atoms with Gasteiger partial charge in [0, 0.05) is 25.7 Å². The Labute approximate surface area is 128 Å². The molecule has 1 saturated heterocycles. The summed E-state index contributed by atoms with van der Waals surface area (Å²) in [7, 11) is -3.84. The fraction of sp³-hybridized carbons (Fsp3) is 0.500. The van der Waals surface area contributed by atoms with Gasteiger partial charge in [0.25, 0.3) is 0 Å². The number of hydrogen-bond acceptors (Lipinski definition) is 4. The summed E-state index contributed by atoms with van der Waals surface area (Å²) >= 11 is 0. The Balaban J connectivity index is 0.00000220. The monoisotopic (exact) mass is 342 g/mol. The number of halogens is 3. The summed E-state index contributed by atoms with van der Waals surface area (Å²) < 4.78 is 55.3. The Morgan fingerprint density at radius 1 is 1.38 bits per heavy atom. The number of nitrogens with one attached hydrogen (secondary N) is 1. The van der Waals surface area contributed by atoms with E-state index in [1.807, 2.05) is 6.92 Å². The molecule has 0 spiro atoms. The number of sulfonamides is 1. The second-order valence-electron chi connectivity index (χ2n) is 4.54. The van der Waals surface area contributed by atoms with Gasteiger partial charge in [-0.25, -0.2) is 8.42 Å². The van der Waals surface area contributed by atoms with Crippen LogP contribution in [-0.2, 0) is 10.0 Å². The zero-order chi connectivity index (χ0) is 14.8. The minimum Gasteiger partial charge on any atom is -0.433 e. The highest BCUT2D eigenvalue weighted by Gasteiger charge is 2.31. The average molecular weight is 343 g/mol. The summed E-state index contributed by atoms with van der Waals surface area (Å²) in [6, 6.07) is 5.46. The quantitative estimate of drug-likeness (QED) is 0.904. The van der Waals surface area contributed by atoms with Gasteiger partial charge in [-0.1, -0.05) is 12.1 Å². The molecule has 1 unspecified atom stereocenters. The van der Waals surface area contributed by atoms with Gasteiger partial charge < -0.3 is 10.1 Å². The molecule has 0 radical (unpaired) electrons. The van der Waals surface area contributed by atoms with Crippen molar-refractivity contribution < 1.29 is 21.9 Å². The highest BCUT2D eigenvalue weighted by molar-refractivity contribution is 7.89. The predicted molar refractivity (Wildman–Crippen MR) is 76.5 cm³/mol. The van der Waals surface area contributed by atoms with Gasteiger partial charge in [-0.2, -0.15) is 13.1 Å². The molecule has 1 heterocycles. The molecule has 0 aliphatic carbocycles. The summed E-state index contributed by atoms with van der Waals surface area (Å²) in [4.78, 5) is -0.227. The molecule has 1 atom stereocenters. The van der Waals surface area contributed by atoms with Gasteiger partial charge in [0.05, 0.1) is 0 Å². The van der Waals surface area contributed by atoms with Gasteiger partial charge >= 0.3 is 6.61 Å². The Kier molecular flexibility index (Phi) is 6.33. The van der Waals surface area contributed by atoms with Gasteiger partial charge in [-0.15, -0.1) is 12.4 Å². The van der Waals surface area contributed by atoms with Gasteiger partial charge in [0.15, 0.2) is 0 Å². The van der Waals surface area contributed by atoms with E-state index >= 15 is 0 Å². The number of alkyl halides is 2. The SMILES string of the molecule is CC1CN(S(=O)(=O)c2ccccc2OC(F)F)CCN1.Cl. The highest BCUT2D eigenvalue weighted by Crippen LogP contribution is 2.28. The molecule has 120 valence electrons. The van der Waals surface area contributed by atoms with Crippen LogP contribution < -0.4 is 10.1 Å². The first kappa shape index (κ1) is 18.1. The molecule has 2 rings (SSSR count). The van der Waals surface area contributed by atoms with Gasteiger partial charge in [-0.05, 0) is 19.1 Å². The molecule has 1 fully saturated rings. The van der Waals surface area contributed by atoms with E-state index in [2.05, 4.69) is 10.1 Å². The van der Waals surface area contributed by atoms with E-state index in [9.17, 15) is 17.2 Å². The number of benzene rings is 1. The van der Waals surface area contributed by atoms with Crippen LogP contribution in [0.25, 0.3) is 0 Å². The number of nitrogens with zero attached hydrogens (tertiary/aromatic N) is 1. The number of piperazine rings is 1. The molecule has 21 heavy (non-hydrogen) atoms. The Bertz CT molecular complexity index is 571. The van der Waals surface area contributed by atoms with Crippen LogP contribution in [0.1, 0.15) is 6.92 Å². The first-order valence-electron chi connectivity index (χ1n) is 6.18. The topological polar surface area (TPSA) is 58.6 Å². The van der Waals surface area contributed by atoms with Crippen molar-refractivity contribution in [3.05, 3.63) is 24.3 Å². The first-order chi connectivity index (χ1) is 9.41. The van der Waals surface area contributed by atoms with Gasteiger partial charge in [0.2, 0.25) is 10.0 Å². The number of rotatable bonds is 4. The van der Waals surface area contributed by atoms with Crippen molar-refractivity contribution >= 4 is 22.4 Å². The third-order valence-corrected chi connectivity index (χ3v) is 4.92. The van der Waals surface area contributed by atoms with Crippen LogP contribution in [0.15, 0.2) is 29.2 Å². The standard InChI is InChI=1S/C12H16F2N2O3S.ClH/c1-9-8-16(7-6-15-9)20(17,18)11-5-3-2-4-10(11)19-12(13)14;/h2-5,9,12,15H,6-8H2,1H3;1H. The number of hydrogen-bond donors (Lipinski definition) is 1. The van der Waals surface area contributed by atoms with Crippen molar-refractivity contribution in [3.63, 3.8) is 0 Å². The fourth-order valence-electron chi connectivity index (χ4n) is 2.11. The number of para-hydroxylation sites is 1. The molecule has 0 saturated carbocycles. The molecule has 0 aromatic heterocycles. The molecular formula is C12H17ClF2N2O3S. The Morgan fingerprint density at radius 2 is 2.05 bits per heavy atom.